The molecule has 22 heavy (non-hydrogen) atoms. The SMILES string of the molecule is CCc1cnc(CC(=O)Cc2coc3c(C)c(C)ccc23)s1. The van der Waals surface area contributed by atoms with Crippen molar-refractivity contribution in [2.24, 2.45) is 0 Å². The van der Waals surface area contributed by atoms with E-state index < -0.39 is 0 Å². The second-order valence-electron chi connectivity index (χ2n) is 5.61. The van der Waals surface area contributed by atoms with Gasteiger partial charge in [0, 0.05) is 28.4 Å². The molecule has 0 bridgehead atoms. The molecule has 0 atom stereocenters. The lowest BCUT2D eigenvalue weighted by Crippen LogP contribution is -2.05. The Bertz CT molecular complexity index is 829. The monoisotopic (exact) mass is 313 g/mol. The molecule has 0 unspecified atom stereocenters. The van der Waals surface area contributed by atoms with E-state index in [1.807, 2.05) is 12.3 Å². The molecule has 0 aliphatic rings. The Morgan fingerprint density at radius 1 is 1.27 bits per heavy atom. The third-order valence-electron chi connectivity index (χ3n) is 4.03. The minimum absolute atomic E-state index is 0.179. The number of carbonyl (C=O) groups excluding carboxylic acids is 1. The van der Waals surface area contributed by atoms with Gasteiger partial charge in [0.2, 0.25) is 0 Å². The molecule has 0 amide bonds. The molecule has 0 fully saturated rings. The number of benzene rings is 1. The van der Waals surface area contributed by atoms with Crippen LogP contribution in [0.3, 0.4) is 0 Å². The molecule has 0 saturated carbocycles. The highest BCUT2D eigenvalue weighted by molar-refractivity contribution is 7.11. The molecule has 1 aromatic carbocycles. The van der Waals surface area contributed by atoms with E-state index in [-0.39, 0.29) is 5.78 Å². The van der Waals surface area contributed by atoms with Crippen LogP contribution in [0.15, 0.2) is 29.0 Å². The molecule has 3 aromatic rings. The van der Waals surface area contributed by atoms with Crippen molar-refractivity contribution in [3.05, 3.63) is 51.2 Å². The first kappa shape index (κ1) is 15.0. The number of ketones is 1. The Morgan fingerprint density at radius 3 is 2.82 bits per heavy atom. The first-order valence-corrected chi connectivity index (χ1v) is 8.31. The second kappa shape index (κ2) is 6.05. The summed E-state index contributed by atoms with van der Waals surface area (Å²) in [7, 11) is 0. The van der Waals surface area contributed by atoms with Crippen LogP contribution in [-0.4, -0.2) is 10.8 Å². The summed E-state index contributed by atoms with van der Waals surface area (Å²) in [5.41, 5.74) is 4.21. The summed E-state index contributed by atoms with van der Waals surface area (Å²) in [6.07, 6.45) is 5.36. The van der Waals surface area contributed by atoms with Crippen LogP contribution in [-0.2, 0) is 24.1 Å². The zero-order chi connectivity index (χ0) is 15.7. The van der Waals surface area contributed by atoms with Crippen molar-refractivity contribution in [1.82, 2.24) is 4.98 Å². The van der Waals surface area contributed by atoms with Crippen LogP contribution in [0.2, 0.25) is 0 Å². The molecular formula is C18H19NO2S. The number of hydrogen-bond donors (Lipinski definition) is 0. The van der Waals surface area contributed by atoms with Gasteiger partial charge in [-0.25, -0.2) is 4.98 Å². The lowest BCUT2D eigenvalue weighted by Gasteiger charge is -2.01. The number of carbonyl (C=O) groups is 1. The largest absolute Gasteiger partial charge is 0.464 e. The Balaban J connectivity index is 1.78. The highest BCUT2D eigenvalue weighted by Gasteiger charge is 2.14. The number of aryl methyl sites for hydroxylation is 3. The van der Waals surface area contributed by atoms with Gasteiger partial charge in [-0.2, -0.15) is 0 Å². The van der Waals surface area contributed by atoms with Gasteiger partial charge in [0.05, 0.1) is 12.7 Å². The van der Waals surface area contributed by atoms with Crippen LogP contribution in [0.4, 0.5) is 0 Å². The summed E-state index contributed by atoms with van der Waals surface area (Å²) in [5, 5.41) is 1.95. The van der Waals surface area contributed by atoms with Crippen molar-refractivity contribution in [2.45, 2.75) is 40.0 Å². The van der Waals surface area contributed by atoms with Crippen LogP contribution in [0.1, 0.15) is 33.5 Å². The molecular weight excluding hydrogens is 294 g/mol. The molecule has 0 spiro atoms. The van der Waals surface area contributed by atoms with Crippen LogP contribution in [0.25, 0.3) is 11.0 Å². The average molecular weight is 313 g/mol. The maximum atomic E-state index is 12.3. The predicted molar refractivity (Wildman–Crippen MR) is 89.6 cm³/mol. The van der Waals surface area contributed by atoms with Gasteiger partial charge in [-0.1, -0.05) is 19.1 Å². The third kappa shape index (κ3) is 2.83. The first-order chi connectivity index (χ1) is 10.6. The van der Waals surface area contributed by atoms with Gasteiger partial charge < -0.3 is 4.42 Å². The van der Waals surface area contributed by atoms with Crippen molar-refractivity contribution in [2.75, 3.05) is 0 Å². The number of rotatable bonds is 5. The number of furan rings is 1. The summed E-state index contributed by atoms with van der Waals surface area (Å²) in [4.78, 5) is 17.8. The number of thiazole rings is 1. The Labute approximate surface area is 134 Å². The number of nitrogens with zero attached hydrogens (tertiary/aromatic N) is 1. The summed E-state index contributed by atoms with van der Waals surface area (Å²) in [6, 6.07) is 4.12. The molecule has 114 valence electrons. The van der Waals surface area contributed by atoms with E-state index in [9.17, 15) is 4.79 Å². The zero-order valence-electron chi connectivity index (χ0n) is 13.1. The molecule has 0 saturated heterocycles. The van der Waals surface area contributed by atoms with Crippen molar-refractivity contribution in [3.8, 4) is 0 Å². The maximum Gasteiger partial charge on any atom is 0.144 e. The van der Waals surface area contributed by atoms with E-state index in [0.29, 0.717) is 12.8 Å². The molecule has 2 heterocycles. The fraction of sp³-hybridized carbons (Fsp3) is 0.333. The van der Waals surface area contributed by atoms with Gasteiger partial charge in [0.1, 0.15) is 16.4 Å². The van der Waals surface area contributed by atoms with Crippen LogP contribution < -0.4 is 0 Å². The number of aromatic nitrogens is 1. The number of fused-ring (bicyclic) bond motifs is 1. The summed E-state index contributed by atoms with van der Waals surface area (Å²) < 4.78 is 5.67. The lowest BCUT2D eigenvalue weighted by atomic mass is 10.0. The molecule has 0 aliphatic heterocycles. The van der Waals surface area contributed by atoms with Crippen molar-refractivity contribution in [3.63, 3.8) is 0 Å². The standard InChI is InChI=1S/C18H19NO2S/c1-4-15-9-19-17(22-15)8-14(20)7-13-10-21-18-12(3)11(2)5-6-16(13)18/h5-6,9-10H,4,7-8H2,1-3H3. The minimum Gasteiger partial charge on any atom is -0.464 e. The van der Waals surface area contributed by atoms with Crippen molar-refractivity contribution >= 4 is 28.1 Å². The fourth-order valence-electron chi connectivity index (χ4n) is 2.56. The molecule has 0 aliphatic carbocycles. The maximum absolute atomic E-state index is 12.3. The smallest absolute Gasteiger partial charge is 0.144 e. The number of Topliss-reactive ketones (excluding diaryl/α,β-unsaturated/α-hetero) is 1. The van der Waals surface area contributed by atoms with E-state index >= 15 is 0 Å². The normalized spacial score (nSPS) is 11.2. The van der Waals surface area contributed by atoms with Gasteiger partial charge in [0.15, 0.2) is 0 Å². The fourth-order valence-corrected chi connectivity index (χ4v) is 3.45. The van der Waals surface area contributed by atoms with Gasteiger partial charge >= 0.3 is 0 Å². The number of hydrogen-bond acceptors (Lipinski definition) is 4. The minimum atomic E-state index is 0.179. The molecule has 3 nitrogen and oxygen atoms in total. The molecule has 3 rings (SSSR count). The highest BCUT2D eigenvalue weighted by atomic mass is 32.1. The van der Waals surface area contributed by atoms with Crippen LogP contribution in [0.5, 0.6) is 0 Å². The van der Waals surface area contributed by atoms with E-state index in [1.165, 1.54) is 10.4 Å². The first-order valence-electron chi connectivity index (χ1n) is 7.50. The van der Waals surface area contributed by atoms with Crippen LogP contribution >= 0.6 is 11.3 Å². The average Bonchev–Trinajstić information content (AvgIpc) is 3.10. The van der Waals surface area contributed by atoms with Crippen molar-refractivity contribution in [1.29, 1.82) is 0 Å². The molecule has 4 heteroatoms. The van der Waals surface area contributed by atoms with Gasteiger partial charge in [-0.15, -0.1) is 11.3 Å². The van der Waals surface area contributed by atoms with Gasteiger partial charge in [0.25, 0.3) is 0 Å². The lowest BCUT2D eigenvalue weighted by molar-refractivity contribution is -0.117. The van der Waals surface area contributed by atoms with E-state index in [4.69, 9.17) is 4.42 Å². The van der Waals surface area contributed by atoms with E-state index in [1.54, 1.807) is 17.6 Å². The van der Waals surface area contributed by atoms with Crippen LogP contribution in [0, 0.1) is 13.8 Å². The predicted octanol–water partition coefficient (Wildman–Crippen LogP) is 4.42. The molecule has 0 N–H and O–H groups in total. The quantitative estimate of drug-likeness (QED) is 0.700. The second-order valence-corrected chi connectivity index (χ2v) is 6.81. The highest BCUT2D eigenvalue weighted by Crippen LogP contribution is 2.27. The van der Waals surface area contributed by atoms with Gasteiger partial charge in [-0.3, -0.25) is 4.79 Å². The zero-order valence-corrected chi connectivity index (χ0v) is 13.9. The summed E-state index contributed by atoms with van der Waals surface area (Å²) >= 11 is 1.63. The Morgan fingerprint density at radius 2 is 2.09 bits per heavy atom. The third-order valence-corrected chi connectivity index (χ3v) is 5.17. The molecule has 2 aromatic heterocycles. The topological polar surface area (TPSA) is 43.1 Å². The van der Waals surface area contributed by atoms with E-state index in [0.717, 1.165) is 33.5 Å². The summed E-state index contributed by atoms with van der Waals surface area (Å²) in [6.45, 7) is 6.21. The Kier molecular flexibility index (Phi) is 4.12. The summed E-state index contributed by atoms with van der Waals surface area (Å²) in [5.74, 6) is 0.179. The van der Waals surface area contributed by atoms with E-state index in [2.05, 4.69) is 31.8 Å². The van der Waals surface area contributed by atoms with Crippen molar-refractivity contribution < 1.29 is 9.21 Å². The molecule has 0 radical (unpaired) electrons. The Hall–Kier alpha value is -1.94. The van der Waals surface area contributed by atoms with Gasteiger partial charge in [-0.05, 0) is 31.4 Å².